The van der Waals surface area contributed by atoms with Crippen LogP contribution in [-0.2, 0) is 14.2 Å². The Kier molecular flexibility index (Phi) is 3.26. The van der Waals surface area contributed by atoms with Crippen LogP contribution in [0.2, 0.25) is 0 Å². The summed E-state index contributed by atoms with van der Waals surface area (Å²) in [6.45, 7) is 8.72. The van der Waals surface area contributed by atoms with Crippen molar-refractivity contribution >= 4 is 6.16 Å². The van der Waals surface area contributed by atoms with Crippen LogP contribution in [0.25, 0.3) is 0 Å². The highest BCUT2D eigenvalue weighted by atomic mass is 16.8. The fourth-order valence-corrected chi connectivity index (χ4v) is 4.57. The number of hydrogen-bond donors (Lipinski definition) is 0. The molecule has 2 fully saturated rings. The van der Waals surface area contributed by atoms with Crippen LogP contribution in [0.1, 0.15) is 27.7 Å². The molecule has 0 amide bonds. The second-order valence-corrected chi connectivity index (χ2v) is 7.88. The minimum absolute atomic E-state index is 0.240. The summed E-state index contributed by atoms with van der Waals surface area (Å²) in [5, 5.41) is 0. The predicted molar refractivity (Wildman–Crippen MR) is 97.4 cm³/mol. The number of carbonyl (C=O) groups is 1. The molecule has 0 N–H and O–H groups in total. The third kappa shape index (κ3) is 2.02. The molecule has 4 heteroatoms. The Balaban J connectivity index is 1.70. The highest BCUT2D eigenvalue weighted by Crippen LogP contribution is 2.51. The van der Waals surface area contributed by atoms with E-state index in [-0.39, 0.29) is 24.4 Å². The SMILES string of the molecule is CC1=C2C=C(C(C)C)C=CC(C)=C2C2=C(C=C1)[C@H]1O[C@@H]2[C@H]2OC(=O)O[C@H]21. The summed E-state index contributed by atoms with van der Waals surface area (Å²) in [6.07, 6.45) is 9.22. The molecule has 0 unspecified atom stereocenters. The molecule has 5 rings (SSSR count). The zero-order valence-corrected chi connectivity index (χ0v) is 15.4. The first kappa shape index (κ1) is 15.9. The molecule has 0 aromatic rings. The van der Waals surface area contributed by atoms with Gasteiger partial charge in [-0.05, 0) is 58.8 Å². The molecule has 2 bridgehead atoms. The largest absolute Gasteiger partial charge is 0.509 e. The molecule has 0 saturated carbocycles. The van der Waals surface area contributed by atoms with Crippen molar-refractivity contribution in [1.29, 1.82) is 0 Å². The van der Waals surface area contributed by atoms with Crippen molar-refractivity contribution in [2.24, 2.45) is 5.92 Å². The lowest BCUT2D eigenvalue weighted by Gasteiger charge is -2.24. The van der Waals surface area contributed by atoms with E-state index in [1.165, 1.54) is 27.9 Å². The van der Waals surface area contributed by atoms with Gasteiger partial charge in [-0.25, -0.2) is 4.79 Å². The van der Waals surface area contributed by atoms with Crippen LogP contribution in [0.3, 0.4) is 0 Å². The fourth-order valence-electron chi connectivity index (χ4n) is 4.57. The van der Waals surface area contributed by atoms with Crippen molar-refractivity contribution in [2.45, 2.75) is 52.1 Å². The highest BCUT2D eigenvalue weighted by Gasteiger charge is 2.61. The normalized spacial score (nSPS) is 34.5. The highest BCUT2D eigenvalue weighted by molar-refractivity contribution is 5.71. The molecule has 2 saturated heterocycles. The van der Waals surface area contributed by atoms with Crippen LogP contribution in [0, 0.1) is 5.92 Å². The van der Waals surface area contributed by atoms with Crippen molar-refractivity contribution in [3.05, 3.63) is 69.4 Å². The first-order chi connectivity index (χ1) is 12.5. The first-order valence-electron chi connectivity index (χ1n) is 9.22. The summed E-state index contributed by atoms with van der Waals surface area (Å²) in [4.78, 5) is 11.6. The van der Waals surface area contributed by atoms with Gasteiger partial charge in [0.05, 0.1) is 0 Å². The van der Waals surface area contributed by atoms with Crippen molar-refractivity contribution in [2.75, 3.05) is 0 Å². The van der Waals surface area contributed by atoms with Gasteiger partial charge in [0.1, 0.15) is 12.2 Å². The Hall–Kier alpha value is -2.33. The van der Waals surface area contributed by atoms with E-state index < -0.39 is 6.16 Å². The summed E-state index contributed by atoms with van der Waals surface area (Å²) >= 11 is 0. The van der Waals surface area contributed by atoms with E-state index >= 15 is 0 Å². The van der Waals surface area contributed by atoms with Gasteiger partial charge in [-0.2, -0.15) is 0 Å². The average molecular weight is 350 g/mol. The standard InChI is InChI=1S/C22H22O4/c1-10(2)13-7-5-12(4)16-15(9-13)11(3)6-8-14-17(16)19-21-20(18(14)24-19)25-22(23)26-21/h5-10,18-21H,1-4H3/t18-,19+,20+,21-/m1/s1. The number of rotatable bonds is 1. The zero-order chi connectivity index (χ0) is 18.2. The van der Waals surface area contributed by atoms with E-state index in [1.54, 1.807) is 0 Å². The van der Waals surface area contributed by atoms with Crippen molar-refractivity contribution in [1.82, 2.24) is 0 Å². The minimum atomic E-state index is -0.583. The van der Waals surface area contributed by atoms with E-state index in [9.17, 15) is 4.79 Å². The lowest BCUT2D eigenvalue weighted by atomic mass is 9.80. The Morgan fingerprint density at radius 2 is 1.62 bits per heavy atom. The van der Waals surface area contributed by atoms with Gasteiger partial charge in [0.15, 0.2) is 12.2 Å². The molecule has 3 aliphatic heterocycles. The maximum atomic E-state index is 11.6. The molecular weight excluding hydrogens is 328 g/mol. The van der Waals surface area contributed by atoms with E-state index in [1.807, 2.05) is 0 Å². The molecule has 0 aromatic heterocycles. The van der Waals surface area contributed by atoms with Gasteiger partial charge in [-0.1, -0.05) is 44.2 Å². The maximum absolute atomic E-state index is 11.6. The smallest absolute Gasteiger partial charge is 0.424 e. The Labute approximate surface area is 153 Å². The molecule has 5 aliphatic rings. The quantitative estimate of drug-likeness (QED) is 0.661. The first-order valence-corrected chi connectivity index (χ1v) is 9.22. The van der Waals surface area contributed by atoms with E-state index in [0.29, 0.717) is 5.92 Å². The van der Waals surface area contributed by atoms with Gasteiger partial charge in [-0.15, -0.1) is 0 Å². The molecular formula is C22H22O4. The number of ether oxygens (including phenoxy) is 3. The van der Waals surface area contributed by atoms with Gasteiger partial charge < -0.3 is 14.2 Å². The van der Waals surface area contributed by atoms with E-state index in [4.69, 9.17) is 14.2 Å². The molecule has 4 atom stereocenters. The van der Waals surface area contributed by atoms with Gasteiger partial charge in [0.25, 0.3) is 0 Å². The van der Waals surface area contributed by atoms with E-state index in [0.717, 1.165) is 11.1 Å². The number of hydrogen-bond acceptors (Lipinski definition) is 4. The molecule has 0 spiro atoms. The Bertz CT molecular complexity index is 906. The number of fused-ring (bicyclic) bond motifs is 9. The van der Waals surface area contributed by atoms with Crippen LogP contribution in [0.4, 0.5) is 4.79 Å². The Morgan fingerprint density at radius 3 is 2.35 bits per heavy atom. The van der Waals surface area contributed by atoms with Crippen LogP contribution in [0.15, 0.2) is 69.4 Å². The Morgan fingerprint density at radius 1 is 0.923 bits per heavy atom. The topological polar surface area (TPSA) is 44.8 Å². The molecule has 0 aromatic carbocycles. The molecule has 26 heavy (non-hydrogen) atoms. The third-order valence-electron chi connectivity index (χ3n) is 5.95. The summed E-state index contributed by atoms with van der Waals surface area (Å²) in [7, 11) is 0. The molecule has 4 nitrogen and oxygen atoms in total. The summed E-state index contributed by atoms with van der Waals surface area (Å²) < 4.78 is 17.0. The van der Waals surface area contributed by atoms with E-state index in [2.05, 4.69) is 58.1 Å². The van der Waals surface area contributed by atoms with Gasteiger partial charge >= 0.3 is 6.16 Å². The third-order valence-corrected chi connectivity index (χ3v) is 5.95. The summed E-state index contributed by atoms with van der Waals surface area (Å²) in [6, 6.07) is 0. The predicted octanol–water partition coefficient (Wildman–Crippen LogP) is 4.32. The van der Waals surface area contributed by atoms with Crippen LogP contribution >= 0.6 is 0 Å². The molecule has 2 aliphatic carbocycles. The second-order valence-electron chi connectivity index (χ2n) is 7.88. The number of allylic oxidation sites excluding steroid dienone is 8. The number of carbonyl (C=O) groups excluding carboxylic acids is 1. The monoisotopic (exact) mass is 350 g/mol. The fraction of sp³-hybridized carbons (Fsp3) is 0.409. The lowest BCUT2D eigenvalue weighted by Crippen LogP contribution is -2.36. The molecule has 134 valence electrons. The maximum Gasteiger partial charge on any atom is 0.509 e. The molecule has 0 radical (unpaired) electrons. The van der Waals surface area contributed by atoms with Crippen LogP contribution in [0.5, 0.6) is 0 Å². The second kappa shape index (κ2) is 5.34. The lowest BCUT2D eigenvalue weighted by molar-refractivity contribution is 0.0226. The van der Waals surface area contributed by atoms with Gasteiger partial charge in [0, 0.05) is 0 Å². The van der Waals surface area contributed by atoms with Crippen LogP contribution < -0.4 is 0 Å². The van der Waals surface area contributed by atoms with Gasteiger partial charge in [-0.3, -0.25) is 0 Å². The van der Waals surface area contributed by atoms with Crippen molar-refractivity contribution in [3.63, 3.8) is 0 Å². The summed E-state index contributed by atoms with van der Waals surface area (Å²) in [5.41, 5.74) is 8.47. The van der Waals surface area contributed by atoms with Crippen LogP contribution in [-0.4, -0.2) is 30.6 Å². The summed E-state index contributed by atoms with van der Waals surface area (Å²) in [5.74, 6) is 0.448. The average Bonchev–Trinajstić information content (AvgIpc) is 3.16. The van der Waals surface area contributed by atoms with Gasteiger partial charge in [0.2, 0.25) is 0 Å². The minimum Gasteiger partial charge on any atom is -0.424 e. The molecule has 3 heterocycles. The zero-order valence-electron chi connectivity index (χ0n) is 15.4. The van der Waals surface area contributed by atoms with Crippen molar-refractivity contribution < 1.29 is 19.0 Å². The van der Waals surface area contributed by atoms with Crippen molar-refractivity contribution in [3.8, 4) is 0 Å².